The molecule has 5 nitrogen and oxygen atoms in total. The van der Waals surface area contributed by atoms with Gasteiger partial charge in [-0.25, -0.2) is 0 Å². The first-order valence-electron chi connectivity index (χ1n) is 7.87. The van der Waals surface area contributed by atoms with Crippen LogP contribution in [-0.4, -0.2) is 31.2 Å². The molecule has 0 aliphatic heterocycles. The quantitative estimate of drug-likeness (QED) is 0.833. The number of amides is 1. The van der Waals surface area contributed by atoms with Crippen molar-refractivity contribution in [3.63, 3.8) is 0 Å². The van der Waals surface area contributed by atoms with Crippen LogP contribution in [0.25, 0.3) is 0 Å². The number of halogens is 1. The predicted molar refractivity (Wildman–Crippen MR) is 93.7 cm³/mol. The van der Waals surface area contributed by atoms with Crippen LogP contribution in [0.5, 0.6) is 11.5 Å². The Labute approximate surface area is 144 Å². The molecule has 1 aromatic carbocycles. The summed E-state index contributed by atoms with van der Waals surface area (Å²) >= 11 is 0. The first kappa shape index (κ1) is 19.6. The van der Waals surface area contributed by atoms with Gasteiger partial charge < -0.3 is 20.5 Å². The molecule has 0 unspecified atom stereocenters. The highest BCUT2D eigenvalue weighted by Gasteiger charge is 2.34. The summed E-state index contributed by atoms with van der Waals surface area (Å²) in [5, 5.41) is 3.11. The maximum Gasteiger partial charge on any atom is 0.251 e. The van der Waals surface area contributed by atoms with Crippen LogP contribution in [0, 0.1) is 0 Å². The molecule has 0 radical (unpaired) electrons. The minimum atomic E-state index is -0.253. The third-order valence-corrected chi connectivity index (χ3v) is 4.12. The molecule has 6 heteroatoms. The van der Waals surface area contributed by atoms with Crippen LogP contribution in [-0.2, 0) is 0 Å². The van der Waals surface area contributed by atoms with Crippen molar-refractivity contribution in [2.75, 3.05) is 13.7 Å². The highest BCUT2D eigenvalue weighted by Crippen LogP contribution is 2.31. The van der Waals surface area contributed by atoms with E-state index in [0.717, 1.165) is 25.7 Å². The summed E-state index contributed by atoms with van der Waals surface area (Å²) < 4.78 is 11.0. The molecule has 0 heterocycles. The lowest BCUT2D eigenvalue weighted by Gasteiger charge is -2.28. The molecular weight excluding hydrogens is 316 g/mol. The van der Waals surface area contributed by atoms with Crippen LogP contribution in [0.2, 0.25) is 0 Å². The molecule has 3 N–H and O–H groups in total. The van der Waals surface area contributed by atoms with Crippen molar-refractivity contribution < 1.29 is 14.3 Å². The minimum absolute atomic E-state index is 0. The van der Waals surface area contributed by atoms with E-state index in [2.05, 4.69) is 5.32 Å². The zero-order chi connectivity index (χ0) is 16.2. The molecule has 2 rings (SSSR count). The van der Waals surface area contributed by atoms with Crippen LogP contribution < -0.4 is 20.5 Å². The van der Waals surface area contributed by atoms with Crippen molar-refractivity contribution in [1.29, 1.82) is 0 Å². The fourth-order valence-electron chi connectivity index (χ4n) is 2.91. The summed E-state index contributed by atoms with van der Waals surface area (Å²) in [4.78, 5) is 12.5. The molecule has 0 saturated heterocycles. The van der Waals surface area contributed by atoms with Gasteiger partial charge in [0.05, 0.1) is 18.8 Å². The zero-order valence-electron chi connectivity index (χ0n) is 14.1. The molecule has 0 atom stereocenters. The second-order valence-corrected chi connectivity index (χ2v) is 6.18. The Hall–Kier alpha value is -1.46. The smallest absolute Gasteiger partial charge is 0.251 e. The lowest BCUT2D eigenvalue weighted by atomic mass is 9.97. The van der Waals surface area contributed by atoms with Gasteiger partial charge in [0.25, 0.3) is 5.91 Å². The van der Waals surface area contributed by atoms with Gasteiger partial charge in [0.2, 0.25) is 0 Å². The lowest BCUT2D eigenvalue weighted by molar-refractivity contribution is 0.0902. The number of carbonyl (C=O) groups excluding carboxylic acids is 1. The topological polar surface area (TPSA) is 73.6 Å². The summed E-state index contributed by atoms with van der Waals surface area (Å²) in [6.07, 6.45) is 4.17. The van der Waals surface area contributed by atoms with Gasteiger partial charge in [0.15, 0.2) is 11.5 Å². The number of carbonyl (C=O) groups is 1. The fraction of sp³-hybridized carbons (Fsp3) is 0.588. The molecule has 23 heavy (non-hydrogen) atoms. The Balaban J connectivity index is 0.00000264. The number of methoxy groups -OCH3 is 1. The first-order chi connectivity index (χ1) is 10.5. The highest BCUT2D eigenvalue weighted by atomic mass is 35.5. The van der Waals surface area contributed by atoms with Crippen molar-refractivity contribution >= 4 is 18.3 Å². The summed E-state index contributed by atoms with van der Waals surface area (Å²) in [6, 6.07) is 5.25. The van der Waals surface area contributed by atoms with Gasteiger partial charge in [-0.15, -0.1) is 12.4 Å². The molecule has 1 fully saturated rings. The number of benzene rings is 1. The SMILES string of the molecule is COc1cc(C(=O)NC2(CN)CCCC2)ccc1OC(C)C.Cl. The van der Waals surface area contributed by atoms with Gasteiger partial charge in [0, 0.05) is 12.1 Å². The van der Waals surface area contributed by atoms with Crippen molar-refractivity contribution in [2.45, 2.75) is 51.2 Å². The van der Waals surface area contributed by atoms with Crippen molar-refractivity contribution in [1.82, 2.24) is 5.32 Å². The van der Waals surface area contributed by atoms with Gasteiger partial charge in [-0.2, -0.15) is 0 Å². The summed E-state index contributed by atoms with van der Waals surface area (Å²) in [5.74, 6) is 1.10. The average Bonchev–Trinajstić information content (AvgIpc) is 2.96. The molecule has 0 bridgehead atoms. The molecule has 1 amide bonds. The average molecular weight is 343 g/mol. The van der Waals surface area contributed by atoms with E-state index in [1.54, 1.807) is 25.3 Å². The second-order valence-electron chi connectivity index (χ2n) is 6.18. The van der Waals surface area contributed by atoms with Crippen LogP contribution in [0.1, 0.15) is 49.9 Å². The molecule has 130 valence electrons. The standard InChI is InChI=1S/C17H26N2O3.ClH/c1-12(2)22-14-7-6-13(10-15(14)21-3)16(20)19-17(11-18)8-4-5-9-17;/h6-7,10,12H,4-5,8-9,11,18H2,1-3H3,(H,19,20);1H. The van der Waals surface area contributed by atoms with E-state index in [-0.39, 0.29) is 30.0 Å². The molecular formula is C17H27ClN2O3. The number of nitrogens with one attached hydrogen (secondary N) is 1. The van der Waals surface area contributed by atoms with Gasteiger partial charge in [-0.3, -0.25) is 4.79 Å². The third kappa shape index (κ3) is 4.75. The maximum atomic E-state index is 12.5. The zero-order valence-corrected chi connectivity index (χ0v) is 14.9. The minimum Gasteiger partial charge on any atom is -0.493 e. The Bertz CT molecular complexity index is 529. The summed E-state index contributed by atoms with van der Waals surface area (Å²) in [7, 11) is 1.57. The van der Waals surface area contributed by atoms with Crippen LogP contribution >= 0.6 is 12.4 Å². The normalized spacial score (nSPS) is 15.9. The third-order valence-electron chi connectivity index (χ3n) is 4.12. The van der Waals surface area contributed by atoms with Crippen LogP contribution in [0.4, 0.5) is 0 Å². The summed E-state index contributed by atoms with van der Waals surface area (Å²) in [6.45, 7) is 4.38. The number of hydrogen-bond acceptors (Lipinski definition) is 4. The van der Waals surface area contributed by atoms with E-state index in [9.17, 15) is 4.79 Å². The lowest BCUT2D eigenvalue weighted by Crippen LogP contribution is -2.51. The molecule has 1 aliphatic carbocycles. The van der Waals surface area contributed by atoms with Crippen molar-refractivity contribution in [3.05, 3.63) is 23.8 Å². The molecule has 0 aromatic heterocycles. The number of rotatable bonds is 6. The molecule has 1 aromatic rings. The van der Waals surface area contributed by atoms with E-state index in [1.165, 1.54) is 0 Å². The second kappa shape index (κ2) is 8.41. The van der Waals surface area contributed by atoms with Gasteiger partial charge in [-0.05, 0) is 44.9 Å². The number of ether oxygens (including phenoxy) is 2. The number of hydrogen-bond donors (Lipinski definition) is 2. The van der Waals surface area contributed by atoms with Crippen molar-refractivity contribution in [3.8, 4) is 11.5 Å². The van der Waals surface area contributed by atoms with E-state index in [1.807, 2.05) is 13.8 Å². The van der Waals surface area contributed by atoms with Crippen molar-refractivity contribution in [2.24, 2.45) is 5.73 Å². The monoisotopic (exact) mass is 342 g/mol. The Morgan fingerprint density at radius 1 is 1.30 bits per heavy atom. The first-order valence-corrected chi connectivity index (χ1v) is 7.87. The Morgan fingerprint density at radius 3 is 2.48 bits per heavy atom. The molecule has 1 saturated carbocycles. The number of nitrogens with two attached hydrogens (primary N) is 1. The predicted octanol–water partition coefficient (Wildman–Crippen LogP) is 2.91. The van der Waals surface area contributed by atoms with Gasteiger partial charge >= 0.3 is 0 Å². The summed E-state index contributed by atoms with van der Waals surface area (Å²) in [5.41, 5.74) is 6.18. The van der Waals surface area contributed by atoms with Crippen LogP contribution in [0.15, 0.2) is 18.2 Å². The van der Waals surface area contributed by atoms with Crippen LogP contribution in [0.3, 0.4) is 0 Å². The van der Waals surface area contributed by atoms with Gasteiger partial charge in [-0.1, -0.05) is 12.8 Å². The molecule has 0 spiro atoms. The fourth-order valence-corrected chi connectivity index (χ4v) is 2.91. The largest absolute Gasteiger partial charge is 0.493 e. The Kier molecular flexibility index (Phi) is 7.16. The van der Waals surface area contributed by atoms with E-state index >= 15 is 0 Å². The maximum absolute atomic E-state index is 12.5. The van der Waals surface area contributed by atoms with E-state index in [4.69, 9.17) is 15.2 Å². The Morgan fingerprint density at radius 2 is 1.96 bits per heavy atom. The van der Waals surface area contributed by atoms with E-state index in [0.29, 0.717) is 23.6 Å². The van der Waals surface area contributed by atoms with Gasteiger partial charge in [0.1, 0.15) is 0 Å². The molecule has 1 aliphatic rings. The highest BCUT2D eigenvalue weighted by molar-refractivity contribution is 5.95. The van der Waals surface area contributed by atoms with E-state index < -0.39 is 0 Å².